The molecule has 0 heterocycles. The number of hydrogen-bond donors (Lipinski definition) is 4. The van der Waals surface area contributed by atoms with Crippen molar-refractivity contribution < 1.29 is 20.1 Å². The number of nitrogens with one attached hydrogen (secondary N) is 1. The van der Waals surface area contributed by atoms with Crippen molar-refractivity contribution in [2.45, 2.75) is 92.1 Å². The number of amides is 1. The molecule has 7 heteroatoms. The first-order valence-corrected chi connectivity index (χ1v) is 15.2. The molecule has 1 fully saturated rings. The molecule has 0 spiro atoms. The Balaban J connectivity index is 0. The van der Waals surface area contributed by atoms with Gasteiger partial charge in [-0.2, -0.15) is 0 Å². The summed E-state index contributed by atoms with van der Waals surface area (Å²) in [5.41, 5.74) is 2.22. The lowest BCUT2D eigenvalue weighted by molar-refractivity contribution is 0.194. The minimum absolute atomic E-state index is 0.0428. The van der Waals surface area contributed by atoms with E-state index in [1.54, 1.807) is 18.9 Å². The number of nitrogens with zero attached hydrogens (tertiary/aromatic N) is 1. The van der Waals surface area contributed by atoms with E-state index in [0.29, 0.717) is 12.5 Å². The fourth-order valence-electron chi connectivity index (χ4n) is 3.55. The number of aryl methyl sites for hydroxylation is 1. The quantitative estimate of drug-likeness (QED) is 0.182. The number of aliphatic hydroxyl groups is 2. The molecule has 2 aromatic rings. The Morgan fingerprint density at radius 3 is 2.05 bits per heavy atom. The topological polar surface area (TPSA) is 93.0 Å². The molecule has 224 valence electrons. The normalized spacial score (nSPS) is 12.1. The van der Waals surface area contributed by atoms with Crippen molar-refractivity contribution in [3.8, 4) is 0 Å². The van der Waals surface area contributed by atoms with Crippen LogP contribution >= 0.6 is 11.9 Å². The largest absolute Gasteiger partial charge is 0.465 e. The number of rotatable bonds is 9. The lowest BCUT2D eigenvalue weighted by Crippen LogP contribution is -2.27. The van der Waals surface area contributed by atoms with E-state index in [4.69, 9.17) is 10.2 Å². The molecule has 0 aliphatic heterocycles. The molecule has 1 saturated carbocycles. The first-order chi connectivity index (χ1) is 18.7. The van der Waals surface area contributed by atoms with Crippen LogP contribution in [0.3, 0.4) is 0 Å². The standard InChI is InChI=1S/C15H24N2O3S.C7H8.C6H12.C2H6O.C2H6/c1-12(2)10-17(8-4-7-16-15(19)20)21-14-6-3-5-13(9-14)11-18;1-7-5-3-2-4-6-7;1-6-4-2-3-5-6;1-2-3;1-2/h3,5-6,9,12,16,18H,4,7-8,10-11H2,1-2H3,(H,19,20);2-6H,1H3;6H,2-5H2,1H3;3H,2H2,1H3;1-2H3. The van der Waals surface area contributed by atoms with Gasteiger partial charge in [0, 0.05) is 31.1 Å². The van der Waals surface area contributed by atoms with E-state index in [9.17, 15) is 9.90 Å². The number of carbonyl (C=O) groups is 1. The van der Waals surface area contributed by atoms with Crippen molar-refractivity contribution in [1.29, 1.82) is 0 Å². The Morgan fingerprint density at radius 2 is 1.64 bits per heavy atom. The Morgan fingerprint density at radius 1 is 1.05 bits per heavy atom. The van der Waals surface area contributed by atoms with Gasteiger partial charge in [-0.15, -0.1) is 0 Å². The predicted octanol–water partition coefficient (Wildman–Crippen LogP) is 8.02. The van der Waals surface area contributed by atoms with Crippen molar-refractivity contribution in [2.24, 2.45) is 11.8 Å². The monoisotopic (exact) mass is 564 g/mol. The predicted molar refractivity (Wildman–Crippen MR) is 168 cm³/mol. The molecular formula is C32H56N2O4S. The molecule has 1 amide bonds. The highest BCUT2D eigenvalue weighted by Gasteiger charge is 2.10. The third kappa shape index (κ3) is 26.0. The van der Waals surface area contributed by atoms with Gasteiger partial charge in [-0.05, 0) is 61.7 Å². The molecule has 0 aromatic heterocycles. The van der Waals surface area contributed by atoms with Crippen molar-refractivity contribution in [3.63, 3.8) is 0 Å². The van der Waals surface area contributed by atoms with E-state index in [2.05, 4.69) is 49.4 Å². The molecule has 0 unspecified atom stereocenters. The van der Waals surface area contributed by atoms with Crippen molar-refractivity contribution in [2.75, 3.05) is 26.2 Å². The molecule has 1 aliphatic rings. The zero-order valence-electron chi connectivity index (χ0n) is 25.5. The molecule has 0 saturated heterocycles. The number of carboxylic acid groups (broad SMARTS) is 1. The molecule has 0 radical (unpaired) electrons. The van der Waals surface area contributed by atoms with Gasteiger partial charge in [0.05, 0.1) is 6.61 Å². The molecular weight excluding hydrogens is 508 g/mol. The van der Waals surface area contributed by atoms with Crippen LogP contribution in [0.4, 0.5) is 4.79 Å². The Kier molecular flexibility index (Phi) is 27.6. The van der Waals surface area contributed by atoms with Crippen LogP contribution in [-0.4, -0.2) is 52.0 Å². The van der Waals surface area contributed by atoms with Crippen molar-refractivity contribution >= 4 is 18.0 Å². The van der Waals surface area contributed by atoms with Crippen molar-refractivity contribution in [1.82, 2.24) is 9.62 Å². The second-order valence-electron chi connectivity index (χ2n) is 9.62. The van der Waals surface area contributed by atoms with Crippen molar-refractivity contribution in [3.05, 3.63) is 65.7 Å². The van der Waals surface area contributed by atoms with Gasteiger partial charge in [-0.1, -0.05) is 108 Å². The molecule has 0 bridgehead atoms. The summed E-state index contributed by atoms with van der Waals surface area (Å²) in [7, 11) is 0. The molecule has 4 N–H and O–H groups in total. The summed E-state index contributed by atoms with van der Waals surface area (Å²) >= 11 is 1.65. The minimum atomic E-state index is -0.978. The van der Waals surface area contributed by atoms with Crippen LogP contribution in [0, 0.1) is 18.8 Å². The highest BCUT2D eigenvalue weighted by Crippen LogP contribution is 2.25. The third-order valence-electron chi connectivity index (χ3n) is 5.33. The summed E-state index contributed by atoms with van der Waals surface area (Å²) in [6.07, 6.45) is 5.74. The van der Waals surface area contributed by atoms with Crippen LogP contribution in [0.5, 0.6) is 0 Å². The zero-order valence-corrected chi connectivity index (χ0v) is 26.3. The van der Waals surface area contributed by atoms with Gasteiger partial charge in [-0.25, -0.2) is 9.10 Å². The first-order valence-electron chi connectivity index (χ1n) is 14.4. The SMILES string of the molecule is CC.CC(C)CN(CCCNC(=O)O)Sc1cccc(CO)c1.CC1CCCC1.CCO.Cc1ccccc1. The lowest BCUT2D eigenvalue weighted by atomic mass is 10.2. The highest BCUT2D eigenvalue weighted by molar-refractivity contribution is 7.97. The maximum Gasteiger partial charge on any atom is 0.404 e. The van der Waals surface area contributed by atoms with Crippen LogP contribution in [0.15, 0.2) is 59.5 Å². The van der Waals surface area contributed by atoms with Gasteiger partial charge < -0.3 is 20.6 Å². The average Bonchev–Trinajstić information content (AvgIpc) is 3.40. The summed E-state index contributed by atoms with van der Waals surface area (Å²) in [4.78, 5) is 11.5. The fraction of sp³-hybridized carbons (Fsp3) is 0.594. The average molecular weight is 565 g/mol. The summed E-state index contributed by atoms with van der Waals surface area (Å²) < 4.78 is 2.24. The number of aliphatic hydroxyl groups excluding tert-OH is 2. The van der Waals surface area contributed by atoms with E-state index in [1.165, 1.54) is 31.2 Å². The van der Waals surface area contributed by atoms with Gasteiger partial charge in [0.15, 0.2) is 0 Å². The third-order valence-corrected chi connectivity index (χ3v) is 6.38. The van der Waals surface area contributed by atoms with Crippen LogP contribution in [0.2, 0.25) is 0 Å². The summed E-state index contributed by atoms with van der Waals surface area (Å²) in [6, 6.07) is 18.1. The molecule has 0 atom stereocenters. The van der Waals surface area contributed by atoms with Crippen LogP contribution in [0.1, 0.15) is 84.8 Å². The molecule has 6 nitrogen and oxygen atoms in total. The summed E-state index contributed by atoms with van der Waals surface area (Å²) in [5.74, 6) is 1.58. The Hall–Kier alpha value is -2.06. The van der Waals surface area contributed by atoms with E-state index in [0.717, 1.165) is 35.9 Å². The molecule has 1 aliphatic carbocycles. The van der Waals surface area contributed by atoms with Crippen LogP contribution in [-0.2, 0) is 6.61 Å². The van der Waals surface area contributed by atoms with Crippen LogP contribution in [0.25, 0.3) is 0 Å². The number of hydrogen-bond acceptors (Lipinski definition) is 5. The number of benzene rings is 2. The maximum absolute atomic E-state index is 10.4. The molecule has 39 heavy (non-hydrogen) atoms. The first kappa shape index (κ1) is 39.1. The summed E-state index contributed by atoms with van der Waals surface area (Å²) in [5, 5.41) is 27.7. The molecule has 2 aromatic carbocycles. The molecule has 3 rings (SSSR count). The van der Waals surface area contributed by atoms with Gasteiger partial charge >= 0.3 is 6.09 Å². The van der Waals surface area contributed by atoms with Gasteiger partial charge in [-0.3, -0.25) is 0 Å². The van der Waals surface area contributed by atoms with E-state index in [-0.39, 0.29) is 13.2 Å². The minimum Gasteiger partial charge on any atom is -0.465 e. The van der Waals surface area contributed by atoms with E-state index < -0.39 is 6.09 Å². The Labute approximate surface area is 243 Å². The van der Waals surface area contributed by atoms with Crippen LogP contribution < -0.4 is 5.32 Å². The second kappa shape index (κ2) is 27.5. The van der Waals surface area contributed by atoms with Gasteiger partial charge in [0.25, 0.3) is 0 Å². The highest BCUT2D eigenvalue weighted by atomic mass is 32.2. The van der Waals surface area contributed by atoms with Gasteiger partial charge in [0.1, 0.15) is 0 Å². The maximum atomic E-state index is 10.4. The Bertz CT molecular complexity index is 800. The summed E-state index contributed by atoms with van der Waals surface area (Å²) in [6.45, 7) is 16.9. The van der Waals surface area contributed by atoms with Gasteiger partial charge in [0.2, 0.25) is 0 Å². The smallest absolute Gasteiger partial charge is 0.404 e. The van der Waals surface area contributed by atoms with E-state index in [1.807, 2.05) is 56.3 Å². The lowest BCUT2D eigenvalue weighted by Gasteiger charge is -2.23. The second-order valence-corrected chi connectivity index (χ2v) is 10.8. The zero-order chi connectivity index (χ0) is 29.9. The fourth-order valence-corrected chi connectivity index (χ4v) is 4.78. The van der Waals surface area contributed by atoms with E-state index >= 15 is 0 Å².